The number of nitrogens with zero attached hydrogens (tertiary/aromatic N) is 3. The molecule has 6 heteroatoms. The minimum absolute atomic E-state index is 0.116. The van der Waals surface area contributed by atoms with Gasteiger partial charge in [-0.3, -0.25) is 4.79 Å². The largest absolute Gasteiger partial charge is 0.348 e. The predicted octanol–water partition coefficient (Wildman–Crippen LogP) is 0.161. The zero-order valence-electron chi connectivity index (χ0n) is 9.72. The fraction of sp³-hybridized carbons (Fsp3) is 0.727. The molecule has 2 aliphatic rings. The Morgan fingerprint density at radius 3 is 3.24 bits per heavy atom. The highest BCUT2D eigenvalue weighted by Crippen LogP contribution is 2.26. The van der Waals surface area contributed by atoms with Gasteiger partial charge in [0.25, 0.3) is 5.91 Å². The lowest BCUT2D eigenvalue weighted by molar-refractivity contribution is 0.0891. The molecule has 2 unspecified atom stereocenters. The molecule has 0 aliphatic carbocycles. The number of carbonyl (C=O) groups excluding carboxylic acids is 1. The molecule has 2 saturated heterocycles. The quantitative estimate of drug-likeness (QED) is 0.766. The van der Waals surface area contributed by atoms with Gasteiger partial charge < -0.3 is 10.2 Å². The fourth-order valence-corrected chi connectivity index (χ4v) is 2.93. The second-order valence-corrected chi connectivity index (χ2v) is 4.88. The van der Waals surface area contributed by atoms with Crippen LogP contribution in [0.25, 0.3) is 0 Å². The normalized spacial score (nSPS) is 28.9. The van der Waals surface area contributed by atoms with E-state index in [9.17, 15) is 4.79 Å². The number of hydrogen-bond donors (Lipinski definition) is 2. The van der Waals surface area contributed by atoms with Crippen LogP contribution in [0, 0.1) is 0 Å². The highest BCUT2D eigenvalue weighted by molar-refractivity contribution is 5.91. The van der Waals surface area contributed by atoms with Gasteiger partial charge in [-0.25, -0.2) is 0 Å². The Bertz CT molecular complexity index is 391. The molecule has 3 rings (SSSR count). The van der Waals surface area contributed by atoms with Crippen molar-refractivity contribution in [3.8, 4) is 0 Å². The summed E-state index contributed by atoms with van der Waals surface area (Å²) >= 11 is 0. The van der Waals surface area contributed by atoms with E-state index in [1.165, 1.54) is 25.6 Å². The van der Waals surface area contributed by atoms with Crippen LogP contribution in [-0.4, -0.2) is 51.4 Å². The maximum atomic E-state index is 11.8. The first-order valence-electron chi connectivity index (χ1n) is 6.23. The molecular weight excluding hydrogens is 218 g/mol. The highest BCUT2D eigenvalue weighted by Gasteiger charge is 2.32. The van der Waals surface area contributed by atoms with Crippen LogP contribution < -0.4 is 5.32 Å². The molecule has 1 amide bonds. The molecule has 92 valence electrons. The molecule has 3 heterocycles. The van der Waals surface area contributed by atoms with Crippen molar-refractivity contribution in [3.05, 3.63) is 11.9 Å². The Hall–Kier alpha value is -1.43. The van der Waals surface area contributed by atoms with Crippen LogP contribution in [-0.2, 0) is 0 Å². The molecule has 2 fully saturated rings. The Balaban J connectivity index is 1.57. The molecule has 0 saturated carbocycles. The summed E-state index contributed by atoms with van der Waals surface area (Å²) in [5.74, 6) is -0.116. The summed E-state index contributed by atoms with van der Waals surface area (Å²) in [6.45, 7) is 2.34. The van der Waals surface area contributed by atoms with E-state index in [0.717, 1.165) is 19.4 Å². The third kappa shape index (κ3) is 2.17. The maximum Gasteiger partial charge on any atom is 0.273 e. The zero-order valence-corrected chi connectivity index (χ0v) is 9.72. The van der Waals surface area contributed by atoms with E-state index in [4.69, 9.17) is 0 Å². The number of H-pyrrole nitrogens is 1. The SMILES string of the molecule is O=C(NC1CCN2CCCC2C1)c1cn[nH]n1. The molecule has 1 aromatic rings. The van der Waals surface area contributed by atoms with Crippen molar-refractivity contribution >= 4 is 5.91 Å². The topological polar surface area (TPSA) is 73.9 Å². The summed E-state index contributed by atoms with van der Waals surface area (Å²) < 4.78 is 0. The average Bonchev–Trinajstić information content (AvgIpc) is 2.99. The molecule has 0 spiro atoms. The Labute approximate surface area is 99.8 Å². The van der Waals surface area contributed by atoms with Crippen LogP contribution in [0.1, 0.15) is 36.2 Å². The number of aromatic nitrogens is 3. The molecule has 0 bridgehead atoms. The smallest absolute Gasteiger partial charge is 0.273 e. The minimum Gasteiger partial charge on any atom is -0.348 e. The molecule has 6 nitrogen and oxygen atoms in total. The summed E-state index contributed by atoms with van der Waals surface area (Å²) in [4.78, 5) is 14.4. The lowest BCUT2D eigenvalue weighted by Gasteiger charge is -2.34. The second kappa shape index (κ2) is 4.44. The number of carbonyl (C=O) groups is 1. The summed E-state index contributed by atoms with van der Waals surface area (Å²) in [6, 6.07) is 0.963. The first kappa shape index (κ1) is 10.7. The van der Waals surface area contributed by atoms with Crippen LogP contribution in [0.15, 0.2) is 6.20 Å². The van der Waals surface area contributed by atoms with Gasteiger partial charge in [0.15, 0.2) is 5.69 Å². The van der Waals surface area contributed by atoms with Crippen LogP contribution in [0.4, 0.5) is 0 Å². The van der Waals surface area contributed by atoms with E-state index in [2.05, 4.69) is 25.6 Å². The number of piperidine rings is 1. The molecule has 2 aliphatic heterocycles. The van der Waals surface area contributed by atoms with Crippen molar-refractivity contribution in [3.63, 3.8) is 0 Å². The van der Waals surface area contributed by atoms with Gasteiger partial charge in [-0.05, 0) is 32.2 Å². The fourth-order valence-electron chi connectivity index (χ4n) is 2.93. The van der Waals surface area contributed by atoms with E-state index < -0.39 is 0 Å². The summed E-state index contributed by atoms with van der Waals surface area (Å²) in [6.07, 6.45) is 6.15. The maximum absolute atomic E-state index is 11.8. The number of fused-ring (bicyclic) bond motifs is 1. The number of rotatable bonds is 2. The van der Waals surface area contributed by atoms with Crippen LogP contribution >= 0.6 is 0 Å². The zero-order chi connectivity index (χ0) is 11.7. The first-order valence-corrected chi connectivity index (χ1v) is 6.23. The van der Waals surface area contributed by atoms with Crippen molar-refractivity contribution in [2.45, 2.75) is 37.8 Å². The third-order valence-corrected chi connectivity index (χ3v) is 3.80. The van der Waals surface area contributed by atoms with Crippen molar-refractivity contribution < 1.29 is 4.79 Å². The predicted molar refractivity (Wildman–Crippen MR) is 61.5 cm³/mol. The van der Waals surface area contributed by atoms with Crippen molar-refractivity contribution in [2.75, 3.05) is 13.1 Å². The second-order valence-electron chi connectivity index (χ2n) is 4.88. The van der Waals surface area contributed by atoms with Gasteiger partial charge in [-0.15, -0.1) is 0 Å². The lowest BCUT2D eigenvalue weighted by atomic mass is 9.97. The Morgan fingerprint density at radius 1 is 1.47 bits per heavy atom. The molecule has 1 aromatic heterocycles. The van der Waals surface area contributed by atoms with E-state index >= 15 is 0 Å². The standard InChI is InChI=1S/C11H17N5O/c17-11(10-7-12-15-14-10)13-8-3-5-16-4-1-2-9(16)6-8/h7-9H,1-6H2,(H,13,17)(H,12,14,15). The molecule has 0 radical (unpaired) electrons. The lowest BCUT2D eigenvalue weighted by Crippen LogP contribution is -2.47. The van der Waals surface area contributed by atoms with Gasteiger partial charge in [-0.1, -0.05) is 0 Å². The van der Waals surface area contributed by atoms with Gasteiger partial charge in [0.05, 0.1) is 6.20 Å². The average molecular weight is 235 g/mol. The third-order valence-electron chi connectivity index (χ3n) is 3.80. The van der Waals surface area contributed by atoms with Crippen molar-refractivity contribution in [1.29, 1.82) is 0 Å². The number of hydrogen-bond acceptors (Lipinski definition) is 4. The summed E-state index contributed by atoms with van der Waals surface area (Å²) in [7, 11) is 0. The Morgan fingerprint density at radius 2 is 2.41 bits per heavy atom. The molecule has 2 N–H and O–H groups in total. The number of aromatic amines is 1. The van der Waals surface area contributed by atoms with Gasteiger partial charge >= 0.3 is 0 Å². The van der Waals surface area contributed by atoms with E-state index in [1.54, 1.807) is 0 Å². The number of nitrogens with one attached hydrogen (secondary N) is 2. The van der Waals surface area contributed by atoms with Gasteiger partial charge in [0.1, 0.15) is 0 Å². The van der Waals surface area contributed by atoms with Crippen molar-refractivity contribution in [2.24, 2.45) is 0 Å². The highest BCUT2D eigenvalue weighted by atomic mass is 16.2. The Kier molecular flexibility index (Phi) is 2.80. The van der Waals surface area contributed by atoms with Crippen LogP contribution in [0.5, 0.6) is 0 Å². The minimum atomic E-state index is -0.116. The van der Waals surface area contributed by atoms with Crippen LogP contribution in [0.3, 0.4) is 0 Å². The van der Waals surface area contributed by atoms with Crippen molar-refractivity contribution in [1.82, 2.24) is 25.6 Å². The van der Waals surface area contributed by atoms with E-state index in [1.807, 2.05) is 0 Å². The van der Waals surface area contributed by atoms with Crippen LogP contribution in [0.2, 0.25) is 0 Å². The number of amides is 1. The first-order chi connectivity index (χ1) is 8.33. The monoisotopic (exact) mass is 235 g/mol. The molecule has 17 heavy (non-hydrogen) atoms. The van der Waals surface area contributed by atoms with E-state index in [-0.39, 0.29) is 5.91 Å². The van der Waals surface area contributed by atoms with E-state index in [0.29, 0.717) is 17.8 Å². The molecular formula is C11H17N5O. The van der Waals surface area contributed by atoms with Gasteiger partial charge in [0, 0.05) is 18.6 Å². The van der Waals surface area contributed by atoms with Gasteiger partial charge in [-0.2, -0.15) is 15.4 Å². The molecule has 2 atom stereocenters. The molecule has 0 aromatic carbocycles. The summed E-state index contributed by atoms with van der Waals surface area (Å²) in [5.41, 5.74) is 0.374. The van der Waals surface area contributed by atoms with Gasteiger partial charge in [0.2, 0.25) is 0 Å². The summed E-state index contributed by atoms with van der Waals surface area (Å²) in [5, 5.41) is 12.9.